The molecule has 0 bridgehead atoms. The first-order valence-corrected chi connectivity index (χ1v) is 6.02. The SMILES string of the molecule is CCc1nc(-c2ccc(F)c(Cl)c2)c(N)s1. The average Bonchev–Trinajstić information content (AvgIpc) is 2.64. The van der Waals surface area contributed by atoms with Gasteiger partial charge < -0.3 is 5.73 Å². The van der Waals surface area contributed by atoms with Crippen LogP contribution in [0.25, 0.3) is 11.3 Å². The largest absolute Gasteiger partial charge is 0.389 e. The lowest BCUT2D eigenvalue weighted by molar-refractivity contribution is 0.628. The maximum absolute atomic E-state index is 13.0. The van der Waals surface area contributed by atoms with Gasteiger partial charge in [0.25, 0.3) is 0 Å². The number of thiazole rings is 1. The molecule has 1 heterocycles. The number of hydrogen-bond acceptors (Lipinski definition) is 3. The summed E-state index contributed by atoms with van der Waals surface area (Å²) in [5.41, 5.74) is 7.29. The molecule has 84 valence electrons. The summed E-state index contributed by atoms with van der Waals surface area (Å²) in [5.74, 6) is -0.435. The molecule has 1 aromatic heterocycles. The Bertz CT molecular complexity index is 525. The van der Waals surface area contributed by atoms with Crippen LogP contribution in [0.3, 0.4) is 0 Å². The summed E-state index contributed by atoms with van der Waals surface area (Å²) >= 11 is 7.17. The van der Waals surface area contributed by atoms with Gasteiger partial charge in [-0.05, 0) is 24.6 Å². The molecule has 0 radical (unpaired) electrons. The molecule has 0 saturated carbocycles. The van der Waals surface area contributed by atoms with Gasteiger partial charge in [0.2, 0.25) is 0 Å². The summed E-state index contributed by atoms with van der Waals surface area (Å²) in [5, 5.41) is 1.69. The zero-order chi connectivity index (χ0) is 11.7. The summed E-state index contributed by atoms with van der Waals surface area (Å²) in [6.45, 7) is 2.01. The molecule has 1 aromatic carbocycles. The van der Waals surface area contributed by atoms with Gasteiger partial charge in [0.05, 0.1) is 10.0 Å². The molecular formula is C11H10ClFN2S. The number of aromatic nitrogens is 1. The Balaban J connectivity index is 2.49. The van der Waals surface area contributed by atoms with Crippen LogP contribution in [0.4, 0.5) is 9.39 Å². The quantitative estimate of drug-likeness (QED) is 0.889. The van der Waals surface area contributed by atoms with E-state index >= 15 is 0 Å². The fourth-order valence-electron chi connectivity index (χ4n) is 1.38. The number of nitrogens with two attached hydrogens (primary N) is 1. The average molecular weight is 257 g/mol. The number of anilines is 1. The third-order valence-electron chi connectivity index (χ3n) is 2.19. The fourth-order valence-corrected chi connectivity index (χ4v) is 2.36. The van der Waals surface area contributed by atoms with Crippen LogP contribution in [-0.4, -0.2) is 4.98 Å². The van der Waals surface area contributed by atoms with Crippen LogP contribution in [0.1, 0.15) is 11.9 Å². The summed E-state index contributed by atoms with van der Waals surface area (Å²) in [4.78, 5) is 4.38. The Labute approximate surface area is 102 Å². The van der Waals surface area contributed by atoms with Gasteiger partial charge in [0.15, 0.2) is 0 Å². The molecule has 0 aliphatic carbocycles. The maximum atomic E-state index is 13.0. The number of nitrogens with zero attached hydrogens (tertiary/aromatic N) is 1. The normalized spacial score (nSPS) is 10.7. The minimum Gasteiger partial charge on any atom is -0.389 e. The maximum Gasteiger partial charge on any atom is 0.141 e. The fraction of sp³-hybridized carbons (Fsp3) is 0.182. The molecule has 0 unspecified atom stereocenters. The standard InChI is InChI=1S/C11H10ClFN2S/c1-2-9-15-10(11(14)16-9)6-3-4-8(13)7(12)5-6/h3-5H,2,14H2,1H3. The molecule has 5 heteroatoms. The Morgan fingerprint density at radius 2 is 2.25 bits per heavy atom. The van der Waals surface area contributed by atoms with Crippen LogP contribution in [0.15, 0.2) is 18.2 Å². The van der Waals surface area contributed by atoms with E-state index in [0.717, 1.165) is 17.0 Å². The number of benzene rings is 1. The van der Waals surface area contributed by atoms with Crippen LogP contribution in [0, 0.1) is 5.82 Å². The molecule has 16 heavy (non-hydrogen) atoms. The van der Waals surface area contributed by atoms with Crippen molar-refractivity contribution in [2.75, 3.05) is 5.73 Å². The lowest BCUT2D eigenvalue weighted by Crippen LogP contribution is -1.87. The smallest absolute Gasteiger partial charge is 0.141 e. The van der Waals surface area contributed by atoms with Crippen molar-refractivity contribution in [3.05, 3.63) is 34.0 Å². The van der Waals surface area contributed by atoms with Crippen molar-refractivity contribution in [3.8, 4) is 11.3 Å². The van der Waals surface area contributed by atoms with Gasteiger partial charge in [-0.3, -0.25) is 0 Å². The van der Waals surface area contributed by atoms with Crippen LogP contribution < -0.4 is 5.73 Å². The highest BCUT2D eigenvalue weighted by Gasteiger charge is 2.11. The third kappa shape index (κ3) is 2.03. The highest BCUT2D eigenvalue weighted by atomic mass is 35.5. The molecule has 0 atom stereocenters. The lowest BCUT2D eigenvalue weighted by Gasteiger charge is -2.00. The van der Waals surface area contributed by atoms with Crippen LogP contribution in [0.5, 0.6) is 0 Å². The number of halogens is 2. The molecule has 0 spiro atoms. The highest BCUT2D eigenvalue weighted by Crippen LogP contribution is 2.32. The van der Waals surface area contributed by atoms with Crippen molar-refractivity contribution in [2.45, 2.75) is 13.3 Å². The number of hydrogen-bond donors (Lipinski definition) is 1. The van der Waals surface area contributed by atoms with Crippen molar-refractivity contribution in [3.63, 3.8) is 0 Å². The lowest BCUT2D eigenvalue weighted by atomic mass is 10.1. The minimum absolute atomic E-state index is 0.0861. The molecular weight excluding hydrogens is 247 g/mol. The predicted molar refractivity (Wildman–Crippen MR) is 66.3 cm³/mol. The van der Waals surface area contributed by atoms with Gasteiger partial charge in [0.1, 0.15) is 16.5 Å². The molecule has 2 N–H and O–H groups in total. The van der Waals surface area contributed by atoms with E-state index in [0.29, 0.717) is 10.7 Å². The first-order valence-electron chi connectivity index (χ1n) is 4.82. The molecule has 0 aliphatic heterocycles. The van der Waals surface area contributed by atoms with E-state index in [1.165, 1.54) is 17.4 Å². The van der Waals surface area contributed by atoms with Crippen molar-refractivity contribution >= 4 is 27.9 Å². The third-order valence-corrected chi connectivity index (χ3v) is 3.51. The zero-order valence-electron chi connectivity index (χ0n) is 8.63. The van der Waals surface area contributed by atoms with E-state index in [2.05, 4.69) is 4.98 Å². The summed E-state index contributed by atoms with van der Waals surface area (Å²) in [6, 6.07) is 4.50. The Morgan fingerprint density at radius 1 is 1.50 bits per heavy atom. The van der Waals surface area contributed by atoms with Gasteiger partial charge in [0, 0.05) is 5.56 Å². The van der Waals surface area contributed by atoms with Crippen molar-refractivity contribution in [2.24, 2.45) is 0 Å². The van der Waals surface area contributed by atoms with Gasteiger partial charge >= 0.3 is 0 Å². The number of rotatable bonds is 2. The first kappa shape index (κ1) is 11.4. The zero-order valence-corrected chi connectivity index (χ0v) is 10.2. The van der Waals surface area contributed by atoms with Crippen LogP contribution in [0.2, 0.25) is 5.02 Å². The number of nitrogen functional groups attached to an aromatic ring is 1. The van der Waals surface area contributed by atoms with E-state index in [1.54, 1.807) is 12.1 Å². The summed E-state index contributed by atoms with van der Waals surface area (Å²) in [6.07, 6.45) is 0.837. The first-order chi connectivity index (χ1) is 7.61. The van der Waals surface area contributed by atoms with E-state index in [1.807, 2.05) is 6.92 Å². The molecule has 0 aliphatic rings. The molecule has 2 rings (SSSR count). The van der Waals surface area contributed by atoms with Gasteiger partial charge in [-0.15, -0.1) is 11.3 Å². The van der Waals surface area contributed by atoms with E-state index in [4.69, 9.17) is 17.3 Å². The van der Waals surface area contributed by atoms with Crippen LogP contribution >= 0.6 is 22.9 Å². The van der Waals surface area contributed by atoms with Crippen molar-refractivity contribution in [1.29, 1.82) is 0 Å². The van der Waals surface area contributed by atoms with E-state index in [-0.39, 0.29) is 5.02 Å². The molecule has 2 aromatic rings. The topological polar surface area (TPSA) is 38.9 Å². The Kier molecular flexibility index (Phi) is 3.12. The summed E-state index contributed by atoms with van der Waals surface area (Å²) < 4.78 is 13.0. The van der Waals surface area contributed by atoms with Crippen molar-refractivity contribution < 1.29 is 4.39 Å². The van der Waals surface area contributed by atoms with Crippen molar-refractivity contribution in [1.82, 2.24) is 4.98 Å². The Morgan fingerprint density at radius 3 is 2.81 bits per heavy atom. The van der Waals surface area contributed by atoms with Gasteiger partial charge in [-0.2, -0.15) is 0 Å². The Hall–Kier alpha value is -1.13. The van der Waals surface area contributed by atoms with E-state index < -0.39 is 5.82 Å². The van der Waals surface area contributed by atoms with Crippen LogP contribution in [-0.2, 0) is 6.42 Å². The predicted octanol–water partition coefficient (Wildman–Crippen LogP) is 3.75. The van der Waals surface area contributed by atoms with Gasteiger partial charge in [-0.25, -0.2) is 9.37 Å². The second-order valence-corrected chi connectivity index (χ2v) is 4.83. The second-order valence-electron chi connectivity index (χ2n) is 3.30. The summed E-state index contributed by atoms with van der Waals surface area (Å²) in [7, 11) is 0. The molecule has 0 amide bonds. The van der Waals surface area contributed by atoms with Gasteiger partial charge in [-0.1, -0.05) is 18.5 Å². The van der Waals surface area contributed by atoms with E-state index in [9.17, 15) is 4.39 Å². The molecule has 0 fully saturated rings. The minimum atomic E-state index is -0.435. The monoisotopic (exact) mass is 256 g/mol. The molecule has 0 saturated heterocycles. The highest BCUT2D eigenvalue weighted by molar-refractivity contribution is 7.16. The number of aryl methyl sites for hydroxylation is 1. The second kappa shape index (κ2) is 4.39. The molecule has 2 nitrogen and oxygen atoms in total.